The van der Waals surface area contributed by atoms with Crippen LogP contribution < -0.4 is 4.74 Å². The first-order valence-corrected chi connectivity index (χ1v) is 6.28. The highest BCUT2D eigenvalue weighted by Crippen LogP contribution is 2.25. The van der Waals surface area contributed by atoms with Crippen LogP contribution in [-0.2, 0) is 9.47 Å². The van der Waals surface area contributed by atoms with Gasteiger partial charge >= 0.3 is 0 Å². The molecule has 0 N–H and O–H groups in total. The normalized spacial score (nSPS) is 16.5. The minimum absolute atomic E-state index is 0.188. The van der Waals surface area contributed by atoms with E-state index >= 15 is 0 Å². The van der Waals surface area contributed by atoms with Gasteiger partial charge in [-0.2, -0.15) is 0 Å². The van der Waals surface area contributed by atoms with Gasteiger partial charge in [-0.25, -0.2) is 0 Å². The molecule has 0 amide bonds. The summed E-state index contributed by atoms with van der Waals surface area (Å²) in [5.74, 6) is 0.568. The molecule has 1 saturated heterocycles. The number of ether oxygens (including phenoxy) is 3. The molecule has 1 aromatic carbocycles. The monoisotopic (exact) mass is 270 g/mol. The summed E-state index contributed by atoms with van der Waals surface area (Å²) in [6, 6.07) is 4.94. The number of aldehydes is 1. The van der Waals surface area contributed by atoms with Crippen molar-refractivity contribution in [2.45, 2.75) is 19.1 Å². The van der Waals surface area contributed by atoms with Gasteiger partial charge in [0.25, 0.3) is 0 Å². The molecule has 1 aliphatic heterocycles. The molecule has 0 aromatic heterocycles. The Morgan fingerprint density at radius 1 is 1.39 bits per heavy atom. The van der Waals surface area contributed by atoms with Crippen LogP contribution in [0, 0.1) is 0 Å². The van der Waals surface area contributed by atoms with Gasteiger partial charge in [-0.3, -0.25) is 4.79 Å². The van der Waals surface area contributed by atoms with Crippen LogP contribution in [0.15, 0.2) is 18.2 Å². The van der Waals surface area contributed by atoms with Crippen molar-refractivity contribution in [2.24, 2.45) is 0 Å². The van der Waals surface area contributed by atoms with Crippen LogP contribution in [-0.4, -0.2) is 32.4 Å². The molecule has 1 aromatic rings. The van der Waals surface area contributed by atoms with Crippen molar-refractivity contribution in [1.29, 1.82) is 0 Å². The molecule has 1 heterocycles. The minimum atomic E-state index is -0.188. The maximum Gasteiger partial charge on any atom is 0.160 e. The fraction of sp³-hybridized carbons (Fsp3) is 0.462. The lowest BCUT2D eigenvalue weighted by atomic mass is 10.2. The third-order valence-corrected chi connectivity index (χ3v) is 2.89. The van der Waals surface area contributed by atoms with E-state index < -0.39 is 0 Å². The average Bonchev–Trinajstić information content (AvgIpc) is 2.42. The Hall–Kier alpha value is -1.10. The zero-order valence-corrected chi connectivity index (χ0v) is 10.7. The SMILES string of the molecule is O=Cc1ccc(OCCC2OCCCO2)c(Cl)c1. The highest BCUT2D eigenvalue weighted by molar-refractivity contribution is 6.32. The Bertz CT molecular complexity index is 402. The topological polar surface area (TPSA) is 44.8 Å². The molecule has 1 fully saturated rings. The number of halogens is 1. The summed E-state index contributed by atoms with van der Waals surface area (Å²) >= 11 is 5.98. The van der Waals surface area contributed by atoms with Gasteiger partial charge < -0.3 is 14.2 Å². The zero-order chi connectivity index (χ0) is 12.8. The van der Waals surface area contributed by atoms with Crippen LogP contribution in [0.4, 0.5) is 0 Å². The van der Waals surface area contributed by atoms with E-state index in [0.717, 1.165) is 25.9 Å². The summed E-state index contributed by atoms with van der Waals surface area (Å²) in [5, 5.41) is 0.435. The van der Waals surface area contributed by atoms with Gasteiger partial charge in [0, 0.05) is 12.0 Å². The van der Waals surface area contributed by atoms with Gasteiger partial charge in [-0.1, -0.05) is 11.6 Å². The molecule has 18 heavy (non-hydrogen) atoms. The molecule has 98 valence electrons. The van der Waals surface area contributed by atoms with E-state index in [1.165, 1.54) is 0 Å². The molecule has 1 aliphatic rings. The fourth-order valence-corrected chi connectivity index (χ4v) is 1.92. The molecule has 0 radical (unpaired) electrons. The molecule has 0 saturated carbocycles. The molecule has 0 atom stereocenters. The molecule has 2 rings (SSSR count). The molecule has 0 spiro atoms. The smallest absolute Gasteiger partial charge is 0.160 e. The number of hydrogen-bond donors (Lipinski definition) is 0. The highest BCUT2D eigenvalue weighted by atomic mass is 35.5. The predicted molar refractivity (Wildman–Crippen MR) is 67.3 cm³/mol. The van der Waals surface area contributed by atoms with Crippen molar-refractivity contribution in [1.82, 2.24) is 0 Å². The van der Waals surface area contributed by atoms with Crippen molar-refractivity contribution < 1.29 is 19.0 Å². The predicted octanol–water partition coefficient (Wildman–Crippen LogP) is 2.68. The maximum atomic E-state index is 10.6. The summed E-state index contributed by atoms with van der Waals surface area (Å²) in [5.41, 5.74) is 0.534. The maximum absolute atomic E-state index is 10.6. The third-order valence-electron chi connectivity index (χ3n) is 2.60. The summed E-state index contributed by atoms with van der Waals surface area (Å²) < 4.78 is 16.3. The van der Waals surface area contributed by atoms with E-state index in [-0.39, 0.29) is 6.29 Å². The van der Waals surface area contributed by atoms with Crippen LogP contribution in [0.3, 0.4) is 0 Å². The average molecular weight is 271 g/mol. The first-order valence-electron chi connectivity index (χ1n) is 5.90. The minimum Gasteiger partial charge on any atom is -0.492 e. The second-order valence-corrected chi connectivity index (χ2v) is 4.38. The van der Waals surface area contributed by atoms with E-state index in [4.69, 9.17) is 25.8 Å². The van der Waals surface area contributed by atoms with E-state index in [1.807, 2.05) is 0 Å². The van der Waals surface area contributed by atoms with E-state index in [9.17, 15) is 4.79 Å². The Kier molecular flexibility index (Phi) is 4.99. The lowest BCUT2D eigenvalue weighted by Gasteiger charge is -2.23. The van der Waals surface area contributed by atoms with Crippen LogP contribution in [0.1, 0.15) is 23.2 Å². The molecular formula is C13H15ClO4. The van der Waals surface area contributed by atoms with Gasteiger partial charge in [0.1, 0.15) is 12.0 Å². The highest BCUT2D eigenvalue weighted by Gasteiger charge is 2.14. The summed E-state index contributed by atoms with van der Waals surface area (Å²) in [4.78, 5) is 10.6. The van der Waals surface area contributed by atoms with Crippen LogP contribution in [0.2, 0.25) is 5.02 Å². The van der Waals surface area contributed by atoms with Gasteiger partial charge in [-0.05, 0) is 24.6 Å². The molecule has 5 heteroatoms. The van der Waals surface area contributed by atoms with E-state index in [2.05, 4.69) is 0 Å². The van der Waals surface area contributed by atoms with E-state index in [0.29, 0.717) is 29.4 Å². The molecule has 0 aliphatic carbocycles. The Balaban J connectivity index is 1.80. The Labute approximate surface area is 111 Å². The lowest BCUT2D eigenvalue weighted by Crippen LogP contribution is -2.26. The van der Waals surface area contributed by atoms with Gasteiger partial charge in [0.05, 0.1) is 24.8 Å². The van der Waals surface area contributed by atoms with Gasteiger partial charge in [0.15, 0.2) is 6.29 Å². The number of hydrogen-bond acceptors (Lipinski definition) is 4. The van der Waals surface area contributed by atoms with Crippen molar-refractivity contribution >= 4 is 17.9 Å². The van der Waals surface area contributed by atoms with Crippen LogP contribution in [0.5, 0.6) is 5.75 Å². The van der Waals surface area contributed by atoms with Gasteiger partial charge in [-0.15, -0.1) is 0 Å². The molecule has 0 unspecified atom stereocenters. The van der Waals surface area contributed by atoms with Crippen molar-refractivity contribution in [3.63, 3.8) is 0 Å². The largest absolute Gasteiger partial charge is 0.492 e. The number of carbonyl (C=O) groups is 1. The summed E-state index contributed by atoms with van der Waals surface area (Å²) in [6.45, 7) is 1.93. The van der Waals surface area contributed by atoms with E-state index in [1.54, 1.807) is 18.2 Å². The zero-order valence-electron chi connectivity index (χ0n) is 9.93. The molecule has 4 nitrogen and oxygen atoms in total. The fourth-order valence-electron chi connectivity index (χ4n) is 1.68. The second-order valence-electron chi connectivity index (χ2n) is 3.97. The number of rotatable bonds is 5. The molecular weight excluding hydrogens is 256 g/mol. The number of benzene rings is 1. The Morgan fingerprint density at radius 3 is 2.83 bits per heavy atom. The first-order chi connectivity index (χ1) is 8.79. The van der Waals surface area contributed by atoms with Crippen molar-refractivity contribution in [3.05, 3.63) is 28.8 Å². The quantitative estimate of drug-likeness (QED) is 0.772. The summed E-state index contributed by atoms with van der Waals surface area (Å²) in [7, 11) is 0. The van der Waals surface area contributed by atoms with Crippen LogP contribution in [0.25, 0.3) is 0 Å². The van der Waals surface area contributed by atoms with Crippen molar-refractivity contribution in [3.8, 4) is 5.75 Å². The lowest BCUT2D eigenvalue weighted by molar-refractivity contribution is -0.183. The third kappa shape index (κ3) is 3.70. The van der Waals surface area contributed by atoms with Crippen molar-refractivity contribution in [2.75, 3.05) is 19.8 Å². The first kappa shape index (κ1) is 13.3. The molecule has 0 bridgehead atoms. The standard InChI is InChI=1S/C13H15ClO4/c14-11-8-10(9-15)2-3-12(11)16-7-4-13-17-5-1-6-18-13/h2-3,8-9,13H,1,4-7H2. The van der Waals surface area contributed by atoms with Gasteiger partial charge in [0.2, 0.25) is 0 Å². The Morgan fingerprint density at radius 2 is 2.17 bits per heavy atom. The second kappa shape index (κ2) is 6.73. The summed E-state index contributed by atoms with van der Waals surface area (Å²) in [6.07, 6.45) is 2.16. The van der Waals surface area contributed by atoms with Crippen LogP contribution >= 0.6 is 11.6 Å². The number of carbonyl (C=O) groups excluding carboxylic acids is 1.